The molecule has 0 aliphatic carbocycles. The zero-order valence-electron chi connectivity index (χ0n) is 11.8. The predicted molar refractivity (Wildman–Crippen MR) is 80.1 cm³/mol. The standard InChI is InChI=1S/C15H24N2S/c1-4-16-10-15-9-14(13(3)18-15)11-17-7-5-12(2)6-8-17/h5,9,16H,4,6-8,10-11H2,1-3H3. The summed E-state index contributed by atoms with van der Waals surface area (Å²) in [6.45, 7) is 12.1. The van der Waals surface area contributed by atoms with Crippen LogP contribution in [-0.2, 0) is 13.1 Å². The first kappa shape index (κ1) is 13.8. The molecule has 0 saturated carbocycles. The van der Waals surface area contributed by atoms with Gasteiger partial charge in [-0.25, -0.2) is 0 Å². The summed E-state index contributed by atoms with van der Waals surface area (Å²) >= 11 is 1.94. The average Bonchev–Trinajstić information content (AvgIpc) is 2.70. The Balaban J connectivity index is 1.94. The summed E-state index contributed by atoms with van der Waals surface area (Å²) in [4.78, 5) is 5.49. The largest absolute Gasteiger partial charge is 0.312 e. The molecule has 0 spiro atoms. The minimum Gasteiger partial charge on any atom is -0.312 e. The minimum atomic E-state index is 1.01. The predicted octanol–water partition coefficient (Wildman–Crippen LogP) is 3.32. The van der Waals surface area contributed by atoms with E-state index in [1.165, 1.54) is 28.3 Å². The van der Waals surface area contributed by atoms with E-state index in [0.29, 0.717) is 0 Å². The molecule has 1 aliphatic heterocycles. The van der Waals surface area contributed by atoms with E-state index < -0.39 is 0 Å². The van der Waals surface area contributed by atoms with Crippen LogP contribution >= 0.6 is 11.3 Å². The third-order valence-electron chi connectivity index (χ3n) is 3.54. The van der Waals surface area contributed by atoms with Crippen molar-refractivity contribution in [3.63, 3.8) is 0 Å². The molecule has 0 saturated heterocycles. The molecular weight excluding hydrogens is 240 g/mol. The third-order valence-corrected chi connectivity index (χ3v) is 4.63. The van der Waals surface area contributed by atoms with Crippen molar-refractivity contribution >= 4 is 11.3 Å². The van der Waals surface area contributed by atoms with Gasteiger partial charge in [0, 0.05) is 35.9 Å². The van der Waals surface area contributed by atoms with E-state index in [-0.39, 0.29) is 0 Å². The van der Waals surface area contributed by atoms with Crippen LogP contribution in [0.15, 0.2) is 17.7 Å². The number of nitrogens with one attached hydrogen (secondary N) is 1. The van der Waals surface area contributed by atoms with Crippen molar-refractivity contribution in [1.29, 1.82) is 0 Å². The monoisotopic (exact) mass is 264 g/mol. The van der Waals surface area contributed by atoms with Gasteiger partial charge in [0.25, 0.3) is 0 Å². The van der Waals surface area contributed by atoms with Crippen LogP contribution in [0.2, 0.25) is 0 Å². The van der Waals surface area contributed by atoms with E-state index in [0.717, 1.165) is 26.2 Å². The van der Waals surface area contributed by atoms with Crippen molar-refractivity contribution < 1.29 is 0 Å². The maximum Gasteiger partial charge on any atom is 0.0299 e. The van der Waals surface area contributed by atoms with Gasteiger partial charge in [0.15, 0.2) is 0 Å². The Bertz CT molecular complexity index is 420. The van der Waals surface area contributed by atoms with Crippen LogP contribution in [0.4, 0.5) is 0 Å². The molecule has 2 rings (SSSR count). The van der Waals surface area contributed by atoms with Crippen molar-refractivity contribution in [1.82, 2.24) is 10.2 Å². The molecule has 0 fully saturated rings. The number of aryl methyl sites for hydroxylation is 1. The Hall–Kier alpha value is -0.640. The van der Waals surface area contributed by atoms with Crippen LogP contribution in [0.25, 0.3) is 0 Å². The molecule has 0 amide bonds. The molecule has 1 aliphatic rings. The lowest BCUT2D eigenvalue weighted by Gasteiger charge is -2.25. The number of thiophene rings is 1. The Morgan fingerprint density at radius 1 is 1.39 bits per heavy atom. The van der Waals surface area contributed by atoms with Crippen molar-refractivity contribution in [3.8, 4) is 0 Å². The first-order valence-electron chi connectivity index (χ1n) is 6.86. The lowest BCUT2D eigenvalue weighted by molar-refractivity contribution is 0.286. The maximum absolute atomic E-state index is 3.40. The van der Waals surface area contributed by atoms with Crippen LogP contribution in [0.5, 0.6) is 0 Å². The Morgan fingerprint density at radius 2 is 2.22 bits per heavy atom. The zero-order valence-corrected chi connectivity index (χ0v) is 12.6. The first-order chi connectivity index (χ1) is 8.69. The number of hydrogen-bond acceptors (Lipinski definition) is 3. The van der Waals surface area contributed by atoms with Gasteiger partial charge in [-0.1, -0.05) is 18.6 Å². The second-order valence-electron chi connectivity index (χ2n) is 5.11. The van der Waals surface area contributed by atoms with Gasteiger partial charge in [-0.15, -0.1) is 11.3 Å². The summed E-state index contributed by atoms with van der Waals surface area (Å²) in [5.41, 5.74) is 3.06. The quantitative estimate of drug-likeness (QED) is 0.821. The molecule has 0 bridgehead atoms. The van der Waals surface area contributed by atoms with Crippen LogP contribution in [-0.4, -0.2) is 24.5 Å². The third kappa shape index (κ3) is 3.67. The number of hydrogen-bond donors (Lipinski definition) is 1. The summed E-state index contributed by atoms with van der Waals surface area (Å²) in [6, 6.07) is 2.38. The Morgan fingerprint density at radius 3 is 2.89 bits per heavy atom. The van der Waals surface area contributed by atoms with Crippen LogP contribution in [0.3, 0.4) is 0 Å². The van der Waals surface area contributed by atoms with Gasteiger partial charge in [-0.05, 0) is 38.4 Å². The fraction of sp³-hybridized carbons (Fsp3) is 0.600. The molecular formula is C15H24N2S. The van der Waals surface area contributed by atoms with Crippen LogP contribution in [0.1, 0.15) is 35.6 Å². The zero-order chi connectivity index (χ0) is 13.0. The molecule has 1 N–H and O–H groups in total. The Labute approximate surface area is 115 Å². The fourth-order valence-electron chi connectivity index (χ4n) is 2.28. The van der Waals surface area contributed by atoms with E-state index in [4.69, 9.17) is 0 Å². The van der Waals surface area contributed by atoms with Gasteiger partial charge in [-0.2, -0.15) is 0 Å². The smallest absolute Gasteiger partial charge is 0.0299 e. The van der Waals surface area contributed by atoms with E-state index in [9.17, 15) is 0 Å². The normalized spacial score (nSPS) is 16.9. The van der Waals surface area contributed by atoms with Crippen LogP contribution in [0, 0.1) is 6.92 Å². The molecule has 0 aromatic carbocycles. The van der Waals surface area contributed by atoms with Gasteiger partial charge < -0.3 is 5.32 Å². The molecule has 0 atom stereocenters. The van der Waals surface area contributed by atoms with E-state index >= 15 is 0 Å². The molecule has 1 aromatic heterocycles. The molecule has 18 heavy (non-hydrogen) atoms. The summed E-state index contributed by atoms with van der Waals surface area (Å²) in [7, 11) is 0. The number of nitrogens with zero attached hydrogens (tertiary/aromatic N) is 1. The summed E-state index contributed by atoms with van der Waals surface area (Å²) in [5.74, 6) is 0. The van der Waals surface area contributed by atoms with Crippen LogP contribution < -0.4 is 5.32 Å². The fourth-order valence-corrected chi connectivity index (χ4v) is 3.30. The van der Waals surface area contributed by atoms with E-state index in [2.05, 4.69) is 43.1 Å². The highest BCUT2D eigenvalue weighted by atomic mass is 32.1. The Kier molecular flexibility index (Phi) is 4.98. The second kappa shape index (κ2) is 6.50. The molecule has 0 radical (unpaired) electrons. The topological polar surface area (TPSA) is 15.3 Å². The molecule has 2 heterocycles. The summed E-state index contributed by atoms with van der Waals surface area (Å²) in [6.07, 6.45) is 3.60. The van der Waals surface area contributed by atoms with Crippen molar-refractivity contribution in [3.05, 3.63) is 33.0 Å². The van der Waals surface area contributed by atoms with Crippen molar-refractivity contribution in [2.45, 2.75) is 40.3 Å². The van der Waals surface area contributed by atoms with E-state index in [1.54, 1.807) is 5.57 Å². The highest BCUT2D eigenvalue weighted by molar-refractivity contribution is 7.12. The number of rotatable bonds is 5. The molecule has 1 aromatic rings. The SMILES string of the molecule is CCNCc1cc(CN2CC=C(C)CC2)c(C)s1. The summed E-state index contributed by atoms with van der Waals surface area (Å²) in [5, 5.41) is 3.40. The van der Waals surface area contributed by atoms with Crippen molar-refractivity contribution in [2.24, 2.45) is 0 Å². The molecule has 100 valence electrons. The van der Waals surface area contributed by atoms with Gasteiger partial charge >= 0.3 is 0 Å². The van der Waals surface area contributed by atoms with Gasteiger partial charge in [0.05, 0.1) is 0 Å². The maximum atomic E-state index is 3.40. The van der Waals surface area contributed by atoms with Gasteiger partial charge in [0.1, 0.15) is 0 Å². The van der Waals surface area contributed by atoms with Gasteiger partial charge in [0.2, 0.25) is 0 Å². The lowest BCUT2D eigenvalue weighted by Crippen LogP contribution is -2.27. The van der Waals surface area contributed by atoms with E-state index in [1.807, 2.05) is 11.3 Å². The first-order valence-corrected chi connectivity index (χ1v) is 7.67. The minimum absolute atomic E-state index is 1.01. The summed E-state index contributed by atoms with van der Waals surface area (Å²) < 4.78 is 0. The van der Waals surface area contributed by atoms with Crippen molar-refractivity contribution in [2.75, 3.05) is 19.6 Å². The van der Waals surface area contributed by atoms with Gasteiger partial charge in [-0.3, -0.25) is 4.90 Å². The highest BCUT2D eigenvalue weighted by Crippen LogP contribution is 2.24. The lowest BCUT2D eigenvalue weighted by atomic mass is 10.1. The molecule has 3 heteroatoms. The molecule has 0 unspecified atom stereocenters. The second-order valence-corrected chi connectivity index (χ2v) is 6.45. The highest BCUT2D eigenvalue weighted by Gasteiger charge is 2.12. The average molecular weight is 264 g/mol. The molecule has 2 nitrogen and oxygen atoms in total.